The maximum absolute atomic E-state index is 12.0. The van der Waals surface area contributed by atoms with Gasteiger partial charge in [0.1, 0.15) is 5.82 Å². The van der Waals surface area contributed by atoms with Gasteiger partial charge in [-0.1, -0.05) is 12.1 Å². The van der Waals surface area contributed by atoms with E-state index in [0.717, 1.165) is 15.5 Å². The maximum Gasteiger partial charge on any atom is 0.335 e. The zero-order chi connectivity index (χ0) is 19.9. The summed E-state index contributed by atoms with van der Waals surface area (Å²) in [4.78, 5) is 16.0. The number of pyridine rings is 1. The lowest BCUT2D eigenvalue weighted by Crippen LogP contribution is -2.18. The molecule has 0 saturated carbocycles. The van der Waals surface area contributed by atoms with Gasteiger partial charge in [0.2, 0.25) is 10.0 Å². The number of fused-ring (bicyclic) bond motifs is 3. The van der Waals surface area contributed by atoms with Crippen LogP contribution in [0.1, 0.15) is 10.4 Å². The van der Waals surface area contributed by atoms with Crippen molar-refractivity contribution >= 4 is 59.8 Å². The highest BCUT2D eigenvalue weighted by Crippen LogP contribution is 2.35. The quantitative estimate of drug-likeness (QED) is 0.459. The number of carbonyl (C=O) groups is 1. The molecule has 0 amide bonds. The van der Waals surface area contributed by atoms with Crippen molar-refractivity contribution in [1.82, 2.24) is 9.71 Å². The predicted molar refractivity (Wildman–Crippen MR) is 110 cm³/mol. The van der Waals surface area contributed by atoms with Crippen LogP contribution in [0.5, 0.6) is 0 Å². The van der Waals surface area contributed by atoms with Crippen LogP contribution >= 0.6 is 11.3 Å². The Morgan fingerprint density at radius 1 is 1.11 bits per heavy atom. The molecule has 142 valence electrons. The standard InChI is InChI=1S/C19H15N3O4S2/c1-20-28(25,26)13-4-2-3-12(10-13)21-18-15-7-8-27-17(15)14-6-5-11(19(23)24)9-16(14)22-18/h2-10,20H,1H3,(H,21,22)(H,23,24). The number of anilines is 2. The van der Waals surface area contributed by atoms with Crippen LogP contribution in [-0.2, 0) is 10.0 Å². The first kappa shape index (κ1) is 18.4. The fraction of sp³-hybridized carbons (Fsp3) is 0.0526. The molecular formula is C19H15N3O4S2. The molecule has 3 N–H and O–H groups in total. The average Bonchev–Trinajstić information content (AvgIpc) is 3.18. The molecule has 0 atom stereocenters. The van der Waals surface area contributed by atoms with E-state index in [-0.39, 0.29) is 10.5 Å². The van der Waals surface area contributed by atoms with Gasteiger partial charge in [-0.3, -0.25) is 0 Å². The number of aromatic nitrogens is 1. The number of rotatable bonds is 5. The monoisotopic (exact) mass is 413 g/mol. The number of carboxylic acid groups (broad SMARTS) is 1. The molecule has 28 heavy (non-hydrogen) atoms. The molecule has 0 bridgehead atoms. The molecule has 0 fully saturated rings. The Morgan fingerprint density at radius 3 is 2.68 bits per heavy atom. The largest absolute Gasteiger partial charge is 0.478 e. The van der Waals surface area contributed by atoms with Crippen LogP contribution in [-0.4, -0.2) is 31.5 Å². The van der Waals surface area contributed by atoms with E-state index in [1.807, 2.05) is 11.4 Å². The minimum absolute atomic E-state index is 0.135. The first-order chi connectivity index (χ1) is 13.4. The zero-order valence-corrected chi connectivity index (χ0v) is 16.3. The number of benzene rings is 2. The second-order valence-electron chi connectivity index (χ2n) is 6.02. The number of hydrogen-bond donors (Lipinski definition) is 3. The van der Waals surface area contributed by atoms with Crippen molar-refractivity contribution in [3.63, 3.8) is 0 Å². The van der Waals surface area contributed by atoms with E-state index < -0.39 is 16.0 Å². The fourth-order valence-corrected chi connectivity index (χ4v) is 4.63. The first-order valence-electron chi connectivity index (χ1n) is 8.24. The van der Waals surface area contributed by atoms with Crippen molar-refractivity contribution in [3.8, 4) is 0 Å². The Balaban J connectivity index is 1.85. The van der Waals surface area contributed by atoms with Crippen molar-refractivity contribution < 1.29 is 18.3 Å². The highest BCUT2D eigenvalue weighted by molar-refractivity contribution is 7.89. The maximum atomic E-state index is 12.0. The van der Waals surface area contributed by atoms with Gasteiger partial charge in [0.05, 0.1) is 16.0 Å². The van der Waals surface area contributed by atoms with E-state index in [1.54, 1.807) is 24.3 Å². The van der Waals surface area contributed by atoms with Crippen LogP contribution in [0.4, 0.5) is 11.5 Å². The number of carboxylic acids is 1. The van der Waals surface area contributed by atoms with Crippen LogP contribution < -0.4 is 10.0 Å². The van der Waals surface area contributed by atoms with E-state index in [4.69, 9.17) is 0 Å². The minimum Gasteiger partial charge on any atom is -0.478 e. The summed E-state index contributed by atoms with van der Waals surface area (Å²) in [7, 11) is -2.21. The average molecular weight is 413 g/mol. The molecule has 0 saturated heterocycles. The van der Waals surface area contributed by atoms with Gasteiger partial charge in [0.25, 0.3) is 0 Å². The van der Waals surface area contributed by atoms with Gasteiger partial charge in [0, 0.05) is 21.2 Å². The number of hydrogen-bond acceptors (Lipinski definition) is 6. The Labute approximate surface area is 164 Å². The van der Waals surface area contributed by atoms with E-state index in [1.165, 1.54) is 36.6 Å². The van der Waals surface area contributed by atoms with Gasteiger partial charge in [-0.25, -0.2) is 22.9 Å². The number of nitrogens with one attached hydrogen (secondary N) is 2. The molecule has 0 unspecified atom stereocenters. The Morgan fingerprint density at radius 2 is 1.93 bits per heavy atom. The lowest BCUT2D eigenvalue weighted by atomic mass is 10.1. The molecule has 0 aliphatic rings. The van der Waals surface area contributed by atoms with Gasteiger partial charge in [-0.2, -0.15) is 0 Å². The van der Waals surface area contributed by atoms with Gasteiger partial charge in [-0.15, -0.1) is 11.3 Å². The summed E-state index contributed by atoms with van der Waals surface area (Å²) in [5.74, 6) is -0.486. The number of nitrogens with zero attached hydrogens (tertiary/aromatic N) is 1. The van der Waals surface area contributed by atoms with Crippen molar-refractivity contribution in [1.29, 1.82) is 0 Å². The Kier molecular flexibility index (Phi) is 4.50. The number of aromatic carboxylic acids is 1. The smallest absolute Gasteiger partial charge is 0.335 e. The van der Waals surface area contributed by atoms with Gasteiger partial charge >= 0.3 is 5.97 Å². The van der Waals surface area contributed by atoms with E-state index >= 15 is 0 Å². The second kappa shape index (κ2) is 6.86. The highest BCUT2D eigenvalue weighted by Gasteiger charge is 2.14. The topological polar surface area (TPSA) is 108 Å². The molecule has 2 aromatic heterocycles. The molecule has 4 aromatic rings. The summed E-state index contributed by atoms with van der Waals surface area (Å²) in [6, 6.07) is 13.2. The summed E-state index contributed by atoms with van der Waals surface area (Å²) in [6.07, 6.45) is 0. The van der Waals surface area contributed by atoms with Crippen molar-refractivity contribution in [2.75, 3.05) is 12.4 Å². The molecular weight excluding hydrogens is 398 g/mol. The van der Waals surface area contributed by atoms with Crippen LogP contribution in [0, 0.1) is 0 Å². The van der Waals surface area contributed by atoms with E-state index in [2.05, 4.69) is 15.0 Å². The molecule has 0 aliphatic carbocycles. The molecule has 2 aromatic carbocycles. The minimum atomic E-state index is -3.57. The Bertz CT molecular complexity index is 1330. The lowest BCUT2D eigenvalue weighted by molar-refractivity contribution is 0.0697. The zero-order valence-electron chi connectivity index (χ0n) is 14.6. The van der Waals surface area contributed by atoms with Gasteiger partial charge < -0.3 is 10.4 Å². The highest BCUT2D eigenvalue weighted by atomic mass is 32.2. The predicted octanol–water partition coefficient (Wildman–Crippen LogP) is 3.80. The molecule has 4 rings (SSSR count). The summed E-state index contributed by atoms with van der Waals surface area (Å²) >= 11 is 1.53. The molecule has 2 heterocycles. The van der Waals surface area contributed by atoms with E-state index in [9.17, 15) is 18.3 Å². The lowest BCUT2D eigenvalue weighted by Gasteiger charge is -2.11. The van der Waals surface area contributed by atoms with Crippen LogP contribution in [0.15, 0.2) is 58.8 Å². The summed E-state index contributed by atoms with van der Waals surface area (Å²) < 4.78 is 27.4. The third kappa shape index (κ3) is 3.19. The third-order valence-corrected chi connectivity index (χ3v) is 6.68. The summed E-state index contributed by atoms with van der Waals surface area (Å²) in [5, 5.41) is 16.1. The molecule has 0 spiro atoms. The summed E-state index contributed by atoms with van der Waals surface area (Å²) in [5.41, 5.74) is 1.27. The Hall–Kier alpha value is -3.01. The van der Waals surface area contributed by atoms with Crippen molar-refractivity contribution in [2.24, 2.45) is 0 Å². The number of sulfonamides is 1. The second-order valence-corrected chi connectivity index (χ2v) is 8.82. The normalized spacial score (nSPS) is 11.8. The number of thiophene rings is 1. The first-order valence-corrected chi connectivity index (χ1v) is 10.6. The molecule has 7 nitrogen and oxygen atoms in total. The SMILES string of the molecule is CNS(=O)(=O)c1cccc(Nc2nc3cc(C(=O)O)ccc3c3sccc23)c1. The molecule has 0 aliphatic heterocycles. The summed E-state index contributed by atoms with van der Waals surface area (Å²) in [6.45, 7) is 0. The van der Waals surface area contributed by atoms with E-state index in [0.29, 0.717) is 17.0 Å². The van der Waals surface area contributed by atoms with Crippen LogP contribution in [0.2, 0.25) is 0 Å². The van der Waals surface area contributed by atoms with Crippen LogP contribution in [0.25, 0.3) is 21.0 Å². The van der Waals surface area contributed by atoms with Crippen molar-refractivity contribution in [2.45, 2.75) is 4.90 Å². The molecule has 0 radical (unpaired) electrons. The van der Waals surface area contributed by atoms with Crippen molar-refractivity contribution in [3.05, 3.63) is 59.5 Å². The molecule has 9 heteroatoms. The van der Waals surface area contributed by atoms with Gasteiger partial charge in [-0.05, 0) is 48.8 Å². The third-order valence-electron chi connectivity index (χ3n) is 4.32. The van der Waals surface area contributed by atoms with Crippen LogP contribution in [0.3, 0.4) is 0 Å². The fourth-order valence-electron chi connectivity index (χ4n) is 2.93. The van der Waals surface area contributed by atoms with Gasteiger partial charge in [0.15, 0.2) is 0 Å².